The van der Waals surface area contributed by atoms with E-state index in [1.54, 1.807) is 6.92 Å². The molecule has 3 rings (SSSR count). The highest BCUT2D eigenvalue weighted by atomic mass is 32.2. The Balaban J connectivity index is 1.81. The number of hydrogen-bond donors (Lipinski definition) is 3. The predicted molar refractivity (Wildman–Crippen MR) is 109 cm³/mol. The van der Waals surface area contributed by atoms with Crippen LogP contribution in [0.25, 0.3) is 0 Å². The van der Waals surface area contributed by atoms with Crippen LogP contribution < -0.4 is 0 Å². The summed E-state index contributed by atoms with van der Waals surface area (Å²) >= 11 is 1.33. The summed E-state index contributed by atoms with van der Waals surface area (Å²) in [5.74, 6) is 1.15. The monoisotopic (exact) mass is 392 g/mol. The molecule has 0 amide bonds. The van der Waals surface area contributed by atoms with E-state index in [1.165, 1.54) is 17.3 Å². The molecule has 27 heavy (non-hydrogen) atoms. The van der Waals surface area contributed by atoms with Gasteiger partial charge in [0.15, 0.2) is 5.12 Å². The van der Waals surface area contributed by atoms with Crippen molar-refractivity contribution in [3.05, 3.63) is 35.5 Å². The second-order valence-electron chi connectivity index (χ2n) is 8.69. The van der Waals surface area contributed by atoms with Gasteiger partial charge >= 0.3 is 0 Å². The standard InChI is InChI=1S/C22H32O4S/c1-13-16(9-17(24)10-20(13)25)7-6-15-5-4-8-22(3)18(15)11-21(26)19(22)12-27-14(2)23/h6-7,17-21,24-26H,1,4-5,8-12H2,2-3H3/b15-6+,16-7-/t17-,18+,19+,20+,21+,22+/m1/s1. The lowest BCUT2D eigenvalue weighted by molar-refractivity contribution is -0.109. The molecule has 0 unspecified atom stereocenters. The molecule has 150 valence electrons. The Bertz CT molecular complexity index is 667. The number of carbonyl (C=O) groups is 1. The molecule has 6 atom stereocenters. The van der Waals surface area contributed by atoms with Gasteiger partial charge in [-0.3, -0.25) is 4.79 Å². The fraction of sp³-hybridized carbons (Fsp3) is 0.682. The van der Waals surface area contributed by atoms with Gasteiger partial charge in [-0.05, 0) is 54.6 Å². The summed E-state index contributed by atoms with van der Waals surface area (Å²) in [7, 11) is 0. The van der Waals surface area contributed by atoms with Crippen molar-refractivity contribution in [3.8, 4) is 0 Å². The molecule has 3 saturated carbocycles. The second-order valence-corrected chi connectivity index (χ2v) is 9.89. The largest absolute Gasteiger partial charge is 0.393 e. The fourth-order valence-corrected chi connectivity index (χ4v) is 6.35. The predicted octanol–water partition coefficient (Wildman–Crippen LogP) is 3.38. The Hall–Kier alpha value is -0.880. The molecule has 0 aromatic carbocycles. The molecular weight excluding hydrogens is 360 g/mol. The Morgan fingerprint density at radius 3 is 2.74 bits per heavy atom. The maximum Gasteiger partial charge on any atom is 0.185 e. The quantitative estimate of drug-likeness (QED) is 0.686. The van der Waals surface area contributed by atoms with Gasteiger partial charge in [-0.1, -0.05) is 43.0 Å². The smallest absolute Gasteiger partial charge is 0.185 e. The van der Waals surface area contributed by atoms with Crippen LogP contribution in [0.3, 0.4) is 0 Å². The van der Waals surface area contributed by atoms with E-state index in [2.05, 4.69) is 19.6 Å². The summed E-state index contributed by atoms with van der Waals surface area (Å²) in [6.07, 6.45) is 7.41. The van der Waals surface area contributed by atoms with Crippen molar-refractivity contribution in [1.29, 1.82) is 0 Å². The first-order valence-corrected chi connectivity index (χ1v) is 11.0. The molecule has 0 aromatic rings. The summed E-state index contributed by atoms with van der Waals surface area (Å²) in [4.78, 5) is 11.4. The van der Waals surface area contributed by atoms with Gasteiger partial charge in [-0.2, -0.15) is 0 Å². The molecule has 5 heteroatoms. The Morgan fingerprint density at radius 1 is 1.30 bits per heavy atom. The number of thioether (sulfide) groups is 1. The molecular formula is C22H32O4S. The van der Waals surface area contributed by atoms with E-state index < -0.39 is 12.2 Å². The third-order valence-corrected chi connectivity index (χ3v) is 7.88. The molecule has 0 bridgehead atoms. The van der Waals surface area contributed by atoms with Crippen molar-refractivity contribution in [3.63, 3.8) is 0 Å². The van der Waals surface area contributed by atoms with Gasteiger partial charge in [0, 0.05) is 25.0 Å². The van der Waals surface area contributed by atoms with Crippen LogP contribution in [0.1, 0.15) is 52.4 Å². The molecule has 3 aliphatic carbocycles. The molecule has 0 radical (unpaired) electrons. The molecule has 0 aromatic heterocycles. The first-order valence-electron chi connectivity index (χ1n) is 9.98. The molecule has 4 nitrogen and oxygen atoms in total. The van der Waals surface area contributed by atoms with E-state index in [-0.39, 0.29) is 22.6 Å². The number of aliphatic hydroxyl groups excluding tert-OH is 3. The highest BCUT2D eigenvalue weighted by molar-refractivity contribution is 8.13. The lowest BCUT2D eigenvalue weighted by atomic mass is 9.64. The fourth-order valence-electron chi connectivity index (χ4n) is 5.33. The van der Waals surface area contributed by atoms with Crippen LogP contribution in [-0.4, -0.2) is 44.5 Å². The normalized spacial score (nSPS) is 42.6. The van der Waals surface area contributed by atoms with Gasteiger partial charge in [-0.25, -0.2) is 0 Å². The highest BCUT2D eigenvalue weighted by Gasteiger charge is 2.53. The third-order valence-electron chi connectivity index (χ3n) is 6.94. The summed E-state index contributed by atoms with van der Waals surface area (Å²) < 4.78 is 0. The van der Waals surface area contributed by atoms with E-state index >= 15 is 0 Å². The van der Waals surface area contributed by atoms with Crippen molar-refractivity contribution in [2.75, 3.05) is 5.75 Å². The SMILES string of the molecule is C=C1/C(=C\C=C2/CCC[C@@]3(C)[C@H]2C[C@H](O)[C@@H]3CSC(C)=O)C[C@@H](O)C[C@@H]1O. The van der Waals surface area contributed by atoms with Gasteiger partial charge in [0.2, 0.25) is 0 Å². The number of allylic oxidation sites excluding steroid dienone is 3. The minimum atomic E-state index is -0.670. The summed E-state index contributed by atoms with van der Waals surface area (Å²) in [5, 5.41) is 30.8. The number of carbonyl (C=O) groups excluding carboxylic acids is 1. The molecule has 0 saturated heterocycles. The number of aliphatic hydroxyl groups is 3. The molecule has 3 fully saturated rings. The van der Waals surface area contributed by atoms with Gasteiger partial charge in [0.1, 0.15) is 0 Å². The summed E-state index contributed by atoms with van der Waals surface area (Å²) in [6, 6.07) is 0. The second kappa shape index (κ2) is 8.24. The Kier molecular flexibility index (Phi) is 6.36. The Labute approximate surface area is 166 Å². The van der Waals surface area contributed by atoms with E-state index in [1.807, 2.05) is 6.08 Å². The van der Waals surface area contributed by atoms with E-state index in [0.717, 1.165) is 31.3 Å². The van der Waals surface area contributed by atoms with Crippen LogP contribution in [0, 0.1) is 17.3 Å². The first kappa shape index (κ1) is 20.8. The van der Waals surface area contributed by atoms with E-state index in [9.17, 15) is 20.1 Å². The molecule has 3 aliphatic rings. The first-order chi connectivity index (χ1) is 12.7. The van der Waals surface area contributed by atoms with Crippen molar-refractivity contribution in [2.24, 2.45) is 17.3 Å². The zero-order chi connectivity index (χ0) is 19.8. The summed E-state index contributed by atoms with van der Waals surface area (Å²) in [6.45, 7) is 7.84. The highest BCUT2D eigenvalue weighted by Crippen LogP contribution is 2.58. The Morgan fingerprint density at radius 2 is 2.04 bits per heavy atom. The molecule has 0 spiro atoms. The van der Waals surface area contributed by atoms with Crippen molar-refractivity contribution < 1.29 is 20.1 Å². The van der Waals surface area contributed by atoms with E-state index in [4.69, 9.17) is 0 Å². The van der Waals surface area contributed by atoms with Gasteiger partial charge in [-0.15, -0.1) is 0 Å². The number of rotatable bonds is 3. The number of hydrogen-bond acceptors (Lipinski definition) is 5. The van der Waals surface area contributed by atoms with Crippen molar-refractivity contribution >= 4 is 16.9 Å². The van der Waals surface area contributed by atoms with Crippen molar-refractivity contribution in [1.82, 2.24) is 0 Å². The minimum absolute atomic E-state index is 0.0209. The van der Waals surface area contributed by atoms with Crippen LogP contribution in [0.2, 0.25) is 0 Å². The lowest BCUT2D eigenvalue weighted by Crippen LogP contribution is -2.36. The third kappa shape index (κ3) is 4.26. The number of fused-ring (bicyclic) bond motifs is 1. The average molecular weight is 393 g/mol. The van der Waals surface area contributed by atoms with E-state index in [0.29, 0.717) is 30.1 Å². The van der Waals surface area contributed by atoms with Crippen LogP contribution in [0.4, 0.5) is 0 Å². The van der Waals surface area contributed by atoms with Crippen molar-refractivity contribution in [2.45, 2.75) is 70.7 Å². The van der Waals surface area contributed by atoms with Crippen LogP contribution in [-0.2, 0) is 4.79 Å². The topological polar surface area (TPSA) is 77.8 Å². The van der Waals surface area contributed by atoms with Gasteiger partial charge in [0.05, 0.1) is 18.3 Å². The zero-order valence-corrected chi connectivity index (χ0v) is 17.2. The lowest BCUT2D eigenvalue weighted by Gasteiger charge is -2.42. The van der Waals surface area contributed by atoms with Gasteiger partial charge in [0.25, 0.3) is 0 Å². The minimum Gasteiger partial charge on any atom is -0.393 e. The van der Waals surface area contributed by atoms with Crippen LogP contribution in [0.5, 0.6) is 0 Å². The maximum absolute atomic E-state index is 11.4. The molecule has 0 aliphatic heterocycles. The van der Waals surface area contributed by atoms with Crippen LogP contribution >= 0.6 is 11.8 Å². The van der Waals surface area contributed by atoms with Gasteiger partial charge < -0.3 is 15.3 Å². The average Bonchev–Trinajstić information content (AvgIpc) is 2.85. The molecule has 0 heterocycles. The zero-order valence-electron chi connectivity index (χ0n) is 16.4. The van der Waals surface area contributed by atoms with Crippen LogP contribution in [0.15, 0.2) is 35.5 Å². The summed E-state index contributed by atoms with van der Waals surface area (Å²) in [5.41, 5.74) is 2.99. The molecule has 3 N–H and O–H groups in total. The maximum atomic E-state index is 11.4.